The van der Waals surface area contributed by atoms with Crippen molar-refractivity contribution in [2.75, 3.05) is 13.1 Å². The molecule has 1 aliphatic heterocycles. The van der Waals surface area contributed by atoms with Crippen LogP contribution in [0.1, 0.15) is 40.5 Å². The first-order chi connectivity index (χ1) is 9.56. The van der Waals surface area contributed by atoms with Crippen molar-refractivity contribution in [2.24, 2.45) is 5.92 Å². The molecule has 120 valence electrons. The molecule has 1 aliphatic rings. The van der Waals surface area contributed by atoms with Crippen molar-refractivity contribution in [1.82, 2.24) is 10.2 Å². The molecule has 7 nitrogen and oxygen atoms in total. The lowest BCUT2D eigenvalue weighted by atomic mass is 10.1. The molecule has 7 heteroatoms. The average Bonchev–Trinajstić information content (AvgIpc) is 2.52. The van der Waals surface area contributed by atoms with Gasteiger partial charge in [0.15, 0.2) is 0 Å². The van der Waals surface area contributed by atoms with Crippen LogP contribution in [0.15, 0.2) is 0 Å². The Morgan fingerprint density at radius 3 is 2.52 bits per heavy atom. The van der Waals surface area contributed by atoms with Crippen molar-refractivity contribution < 1.29 is 24.2 Å². The van der Waals surface area contributed by atoms with Crippen molar-refractivity contribution in [2.45, 2.75) is 52.2 Å². The summed E-state index contributed by atoms with van der Waals surface area (Å²) in [4.78, 5) is 36.0. The van der Waals surface area contributed by atoms with Crippen LogP contribution in [0.3, 0.4) is 0 Å². The van der Waals surface area contributed by atoms with Crippen molar-refractivity contribution >= 4 is 18.0 Å². The van der Waals surface area contributed by atoms with E-state index in [1.165, 1.54) is 0 Å². The van der Waals surface area contributed by atoms with E-state index in [0.29, 0.717) is 13.0 Å². The molecular weight excluding hydrogens is 276 g/mol. The Hall–Kier alpha value is -1.79. The van der Waals surface area contributed by atoms with Crippen molar-refractivity contribution in [3.05, 3.63) is 0 Å². The Morgan fingerprint density at radius 1 is 1.48 bits per heavy atom. The Balaban J connectivity index is 2.61. The summed E-state index contributed by atoms with van der Waals surface area (Å²) in [5.41, 5.74) is -0.657. The molecule has 0 aromatic heterocycles. The van der Waals surface area contributed by atoms with Gasteiger partial charge in [-0.1, -0.05) is 6.92 Å². The number of ether oxygens (including phenoxy) is 1. The summed E-state index contributed by atoms with van der Waals surface area (Å²) in [5, 5.41) is 11.5. The molecule has 1 unspecified atom stereocenters. The number of likely N-dealkylation sites (tertiary alicyclic amines) is 1. The molecule has 0 radical (unpaired) electrons. The third kappa shape index (κ3) is 6.46. The first-order valence-electron chi connectivity index (χ1n) is 7.06. The first kappa shape index (κ1) is 17.3. The second-order valence-corrected chi connectivity index (χ2v) is 6.55. The predicted molar refractivity (Wildman–Crippen MR) is 75.8 cm³/mol. The third-order valence-corrected chi connectivity index (χ3v) is 2.99. The van der Waals surface area contributed by atoms with Crippen LogP contribution in [0.5, 0.6) is 0 Å². The Morgan fingerprint density at radius 2 is 2.10 bits per heavy atom. The maximum Gasteiger partial charge on any atom is 0.407 e. The highest BCUT2D eigenvalue weighted by Crippen LogP contribution is 2.17. The zero-order chi connectivity index (χ0) is 16.2. The van der Waals surface area contributed by atoms with Gasteiger partial charge in [0.05, 0.1) is 12.5 Å². The summed E-state index contributed by atoms with van der Waals surface area (Å²) in [6.07, 6.45) is -0.461. The molecule has 0 aromatic rings. The largest absolute Gasteiger partial charge is 0.481 e. The highest BCUT2D eigenvalue weighted by atomic mass is 16.6. The minimum atomic E-state index is -1.03. The highest BCUT2D eigenvalue weighted by molar-refractivity contribution is 5.79. The maximum absolute atomic E-state index is 11.8. The molecule has 1 saturated heterocycles. The molecule has 21 heavy (non-hydrogen) atoms. The Kier molecular flexibility index (Phi) is 5.57. The second-order valence-electron chi connectivity index (χ2n) is 6.55. The zero-order valence-corrected chi connectivity index (χ0v) is 13.0. The first-order valence-corrected chi connectivity index (χ1v) is 7.06. The standard InChI is InChI=1S/C14H24N2O5/c1-9-5-11(17)16(7-9)8-10(6-12(18)19)15-13(20)21-14(2,3)4/h9-10H,5-8H2,1-4H3,(H,15,20)(H,18,19)/t9?,10-/m0/s1. The normalized spacial score (nSPS) is 20.3. The van der Waals surface area contributed by atoms with Crippen LogP contribution in [-0.2, 0) is 14.3 Å². The topological polar surface area (TPSA) is 95.9 Å². The molecule has 0 spiro atoms. The molecule has 1 fully saturated rings. The summed E-state index contributed by atoms with van der Waals surface area (Å²) in [6, 6.07) is -0.661. The number of alkyl carbamates (subject to hydrolysis) is 1. The molecule has 1 rings (SSSR count). The molecule has 2 amide bonds. The van der Waals surface area contributed by atoms with E-state index in [0.717, 1.165) is 0 Å². The summed E-state index contributed by atoms with van der Waals surface area (Å²) in [6.45, 7) is 7.92. The molecule has 1 heterocycles. The minimum Gasteiger partial charge on any atom is -0.481 e. The van der Waals surface area contributed by atoms with E-state index in [9.17, 15) is 14.4 Å². The van der Waals surface area contributed by atoms with Crippen LogP contribution in [0, 0.1) is 5.92 Å². The van der Waals surface area contributed by atoms with Crippen molar-refractivity contribution in [3.63, 3.8) is 0 Å². The van der Waals surface area contributed by atoms with E-state index in [-0.39, 0.29) is 24.8 Å². The van der Waals surface area contributed by atoms with Gasteiger partial charge in [-0.05, 0) is 26.7 Å². The second kappa shape index (κ2) is 6.78. The highest BCUT2D eigenvalue weighted by Gasteiger charge is 2.30. The number of nitrogens with zero attached hydrogens (tertiary/aromatic N) is 1. The molecule has 0 aromatic carbocycles. The molecule has 2 atom stereocenters. The number of hydrogen-bond acceptors (Lipinski definition) is 4. The number of carboxylic acids is 1. The molecule has 2 N–H and O–H groups in total. The molecule has 0 saturated carbocycles. The van der Waals surface area contributed by atoms with Gasteiger partial charge >= 0.3 is 12.1 Å². The summed E-state index contributed by atoms with van der Waals surface area (Å²) in [5.74, 6) is -0.788. The van der Waals surface area contributed by atoms with E-state index in [1.807, 2.05) is 6.92 Å². The SMILES string of the molecule is CC1CC(=O)N(C[C@H](CC(=O)O)NC(=O)OC(C)(C)C)C1. The Labute approximate surface area is 124 Å². The molecular formula is C14H24N2O5. The van der Waals surface area contributed by atoms with Gasteiger partial charge in [0, 0.05) is 19.5 Å². The Bertz CT molecular complexity index is 416. The van der Waals surface area contributed by atoms with E-state index in [4.69, 9.17) is 9.84 Å². The fraction of sp³-hybridized carbons (Fsp3) is 0.786. The van der Waals surface area contributed by atoms with E-state index in [1.54, 1.807) is 25.7 Å². The van der Waals surface area contributed by atoms with Crippen molar-refractivity contribution in [3.8, 4) is 0 Å². The van der Waals surface area contributed by atoms with Gasteiger partial charge in [0.1, 0.15) is 5.60 Å². The lowest BCUT2D eigenvalue weighted by Gasteiger charge is -2.26. The number of carbonyl (C=O) groups excluding carboxylic acids is 2. The van der Waals surface area contributed by atoms with Crippen LogP contribution >= 0.6 is 0 Å². The number of nitrogens with one attached hydrogen (secondary N) is 1. The van der Waals surface area contributed by atoms with Gasteiger partial charge in [-0.15, -0.1) is 0 Å². The smallest absolute Gasteiger partial charge is 0.407 e. The van der Waals surface area contributed by atoms with Crippen LogP contribution in [0.25, 0.3) is 0 Å². The van der Waals surface area contributed by atoms with E-state index < -0.39 is 23.7 Å². The van der Waals surface area contributed by atoms with Gasteiger partial charge in [-0.2, -0.15) is 0 Å². The van der Waals surface area contributed by atoms with E-state index in [2.05, 4.69) is 5.32 Å². The number of carbonyl (C=O) groups is 3. The quantitative estimate of drug-likeness (QED) is 0.796. The van der Waals surface area contributed by atoms with Crippen LogP contribution in [-0.4, -0.2) is 52.7 Å². The van der Waals surface area contributed by atoms with E-state index >= 15 is 0 Å². The summed E-state index contributed by atoms with van der Waals surface area (Å²) in [7, 11) is 0. The predicted octanol–water partition coefficient (Wildman–Crippen LogP) is 1.22. The van der Waals surface area contributed by atoms with Gasteiger partial charge in [0.25, 0.3) is 0 Å². The maximum atomic E-state index is 11.8. The van der Waals surface area contributed by atoms with Gasteiger partial charge in [-0.3, -0.25) is 9.59 Å². The van der Waals surface area contributed by atoms with Gasteiger partial charge in [-0.25, -0.2) is 4.79 Å². The number of amides is 2. The van der Waals surface area contributed by atoms with Crippen LogP contribution in [0.4, 0.5) is 4.79 Å². The summed E-state index contributed by atoms with van der Waals surface area (Å²) >= 11 is 0. The third-order valence-electron chi connectivity index (χ3n) is 2.99. The number of hydrogen-bond donors (Lipinski definition) is 2. The average molecular weight is 300 g/mol. The van der Waals surface area contributed by atoms with Crippen LogP contribution in [0.2, 0.25) is 0 Å². The van der Waals surface area contributed by atoms with Crippen LogP contribution < -0.4 is 5.32 Å². The monoisotopic (exact) mass is 300 g/mol. The zero-order valence-electron chi connectivity index (χ0n) is 13.0. The number of rotatable bonds is 5. The lowest BCUT2D eigenvalue weighted by molar-refractivity contribution is -0.138. The van der Waals surface area contributed by atoms with Gasteiger partial charge < -0.3 is 20.1 Å². The summed E-state index contributed by atoms with van der Waals surface area (Å²) < 4.78 is 5.12. The fourth-order valence-electron chi connectivity index (χ4n) is 2.26. The number of carboxylic acid groups (broad SMARTS) is 1. The molecule has 0 aliphatic carbocycles. The lowest BCUT2D eigenvalue weighted by Crippen LogP contribution is -2.47. The fourth-order valence-corrected chi connectivity index (χ4v) is 2.26. The van der Waals surface area contributed by atoms with Gasteiger partial charge in [0.2, 0.25) is 5.91 Å². The number of aliphatic carboxylic acids is 1. The minimum absolute atomic E-state index is 0.0103. The van der Waals surface area contributed by atoms with Crippen molar-refractivity contribution in [1.29, 1.82) is 0 Å². The molecule has 0 bridgehead atoms.